The molecule has 1 aromatic heterocycles. The smallest absolute Gasteiger partial charge is 0.254 e. The number of hydrogen-bond donors (Lipinski definition) is 2. The van der Waals surface area contributed by atoms with Gasteiger partial charge in [0.05, 0.1) is 24.8 Å². The highest BCUT2D eigenvalue weighted by molar-refractivity contribution is 6.05. The van der Waals surface area contributed by atoms with Crippen molar-refractivity contribution in [2.45, 2.75) is 12.0 Å². The van der Waals surface area contributed by atoms with Crippen LogP contribution in [0.1, 0.15) is 33.4 Å². The summed E-state index contributed by atoms with van der Waals surface area (Å²) in [6, 6.07) is 22.1. The van der Waals surface area contributed by atoms with Crippen molar-refractivity contribution in [2.24, 2.45) is 0 Å². The van der Waals surface area contributed by atoms with Crippen LogP contribution in [0.2, 0.25) is 0 Å². The van der Waals surface area contributed by atoms with Gasteiger partial charge in [-0.15, -0.1) is 0 Å². The quantitative estimate of drug-likeness (QED) is 0.497. The van der Waals surface area contributed by atoms with E-state index >= 15 is 0 Å². The van der Waals surface area contributed by atoms with Crippen molar-refractivity contribution in [3.8, 4) is 5.75 Å². The summed E-state index contributed by atoms with van der Waals surface area (Å²) in [5, 5.41) is 4.03. The van der Waals surface area contributed by atoms with Crippen molar-refractivity contribution in [1.82, 2.24) is 9.88 Å². The van der Waals surface area contributed by atoms with Crippen LogP contribution in [0.4, 0.5) is 5.69 Å². The molecule has 0 aliphatic carbocycles. The molecule has 0 fully saturated rings. The molecule has 32 heavy (non-hydrogen) atoms. The van der Waals surface area contributed by atoms with Crippen LogP contribution in [0.15, 0.2) is 79.0 Å². The molecular weight excluding hydrogens is 402 g/mol. The number of anilines is 1. The predicted molar refractivity (Wildman–Crippen MR) is 124 cm³/mol. The minimum absolute atomic E-state index is 0.0998. The van der Waals surface area contributed by atoms with Gasteiger partial charge in [-0.25, -0.2) is 0 Å². The van der Waals surface area contributed by atoms with Crippen LogP contribution >= 0.6 is 0 Å². The molecule has 3 aromatic carbocycles. The Morgan fingerprint density at radius 1 is 0.969 bits per heavy atom. The van der Waals surface area contributed by atoms with Gasteiger partial charge in [-0.05, 0) is 29.8 Å². The number of ether oxygens (including phenoxy) is 1. The van der Waals surface area contributed by atoms with Gasteiger partial charge in [0.2, 0.25) is 5.91 Å². The van der Waals surface area contributed by atoms with E-state index in [4.69, 9.17) is 4.74 Å². The van der Waals surface area contributed by atoms with E-state index in [0.29, 0.717) is 17.0 Å². The van der Waals surface area contributed by atoms with Crippen molar-refractivity contribution in [2.75, 3.05) is 19.5 Å². The van der Waals surface area contributed by atoms with E-state index in [2.05, 4.69) is 10.3 Å². The third-order valence-electron chi connectivity index (χ3n) is 6.17. The molecule has 0 saturated heterocycles. The number of aromatic amines is 1. The van der Waals surface area contributed by atoms with E-state index in [1.54, 1.807) is 37.3 Å². The van der Waals surface area contributed by atoms with Gasteiger partial charge in [-0.3, -0.25) is 9.59 Å². The van der Waals surface area contributed by atoms with Crippen molar-refractivity contribution < 1.29 is 14.3 Å². The molecule has 1 aliphatic rings. The number of rotatable bonds is 4. The summed E-state index contributed by atoms with van der Waals surface area (Å²) >= 11 is 0. The van der Waals surface area contributed by atoms with Gasteiger partial charge in [0.25, 0.3) is 5.91 Å². The molecule has 0 bridgehead atoms. The molecule has 5 rings (SSSR count). The zero-order valence-corrected chi connectivity index (χ0v) is 17.8. The monoisotopic (exact) mass is 425 g/mol. The van der Waals surface area contributed by atoms with Gasteiger partial charge in [0.15, 0.2) is 0 Å². The summed E-state index contributed by atoms with van der Waals surface area (Å²) < 4.78 is 5.41. The van der Waals surface area contributed by atoms with E-state index in [-0.39, 0.29) is 11.8 Å². The number of H-pyrrole nitrogens is 1. The van der Waals surface area contributed by atoms with Gasteiger partial charge < -0.3 is 19.9 Å². The summed E-state index contributed by atoms with van der Waals surface area (Å²) in [6.07, 6.45) is 1.90. The molecule has 2 amide bonds. The van der Waals surface area contributed by atoms with Gasteiger partial charge in [0.1, 0.15) is 5.75 Å². The summed E-state index contributed by atoms with van der Waals surface area (Å²) in [5.41, 5.74) is 3.73. The van der Waals surface area contributed by atoms with E-state index in [1.165, 1.54) is 0 Å². The van der Waals surface area contributed by atoms with Gasteiger partial charge in [0, 0.05) is 35.3 Å². The van der Waals surface area contributed by atoms with Crippen LogP contribution < -0.4 is 10.1 Å². The van der Waals surface area contributed by atoms with E-state index < -0.39 is 12.0 Å². The minimum atomic E-state index is -0.599. The highest BCUT2D eigenvalue weighted by atomic mass is 16.5. The van der Waals surface area contributed by atoms with Gasteiger partial charge >= 0.3 is 0 Å². The minimum Gasteiger partial charge on any atom is -0.495 e. The van der Waals surface area contributed by atoms with Crippen molar-refractivity contribution in [3.05, 3.63) is 95.7 Å². The summed E-state index contributed by atoms with van der Waals surface area (Å²) in [4.78, 5) is 32.0. The number of para-hydroxylation sites is 3. The lowest BCUT2D eigenvalue weighted by atomic mass is 9.79. The summed E-state index contributed by atoms with van der Waals surface area (Å²) in [7, 11) is 3.33. The number of amides is 2. The normalized spacial score (nSPS) is 17.8. The summed E-state index contributed by atoms with van der Waals surface area (Å²) in [6.45, 7) is 0. The predicted octanol–water partition coefficient (Wildman–Crippen LogP) is 4.73. The Labute approximate surface area is 185 Å². The first-order chi connectivity index (χ1) is 15.6. The second kappa shape index (κ2) is 7.89. The molecule has 4 aromatic rings. The van der Waals surface area contributed by atoms with Crippen LogP contribution in [0.3, 0.4) is 0 Å². The zero-order chi connectivity index (χ0) is 22.2. The number of carbonyl (C=O) groups is 2. The number of methoxy groups -OCH3 is 1. The lowest BCUT2D eigenvalue weighted by Gasteiger charge is -2.39. The van der Waals surface area contributed by atoms with E-state index in [0.717, 1.165) is 22.0 Å². The molecule has 2 atom stereocenters. The van der Waals surface area contributed by atoms with Crippen molar-refractivity contribution in [1.29, 1.82) is 0 Å². The number of benzene rings is 3. The van der Waals surface area contributed by atoms with E-state index in [1.807, 2.05) is 60.8 Å². The lowest BCUT2D eigenvalue weighted by molar-refractivity contribution is -0.119. The molecule has 2 heterocycles. The maximum absolute atomic E-state index is 13.8. The first kappa shape index (κ1) is 19.9. The van der Waals surface area contributed by atoms with Crippen LogP contribution in [0.5, 0.6) is 5.75 Å². The Bertz CT molecular complexity index is 1330. The third-order valence-corrected chi connectivity index (χ3v) is 6.17. The lowest BCUT2D eigenvalue weighted by Crippen LogP contribution is -2.44. The second-order valence-corrected chi connectivity index (χ2v) is 7.90. The Hall–Kier alpha value is -4.06. The fraction of sp³-hybridized carbons (Fsp3) is 0.154. The Balaban J connectivity index is 1.66. The largest absolute Gasteiger partial charge is 0.495 e. The average Bonchev–Trinajstić information content (AvgIpc) is 3.25. The number of nitrogens with one attached hydrogen (secondary N) is 2. The summed E-state index contributed by atoms with van der Waals surface area (Å²) in [5.74, 6) is -0.315. The Kier molecular flexibility index (Phi) is 4.90. The SMILES string of the molecule is COc1ccccc1NC(=O)[C@H]1c2ccccc2C(=O)N(C)[C@@H]1c1c[nH]c2ccccc12. The average molecular weight is 425 g/mol. The molecule has 6 heteroatoms. The fourth-order valence-corrected chi connectivity index (χ4v) is 4.64. The first-order valence-corrected chi connectivity index (χ1v) is 10.5. The zero-order valence-electron chi connectivity index (χ0n) is 17.8. The fourth-order valence-electron chi connectivity index (χ4n) is 4.64. The highest BCUT2D eigenvalue weighted by Crippen LogP contribution is 2.44. The standard InChI is InChI=1S/C26H23N3O3/c1-29-24(19-15-27-20-12-6-5-9-16(19)20)23(17-10-3-4-11-18(17)26(29)31)25(30)28-21-13-7-8-14-22(21)32-2/h3-15,23-24,27H,1-2H3,(H,28,30)/t23-,24+/m0/s1. The maximum Gasteiger partial charge on any atom is 0.254 e. The van der Waals surface area contributed by atoms with Crippen LogP contribution in [0, 0.1) is 0 Å². The first-order valence-electron chi connectivity index (χ1n) is 10.5. The number of carbonyl (C=O) groups excluding carboxylic acids is 2. The van der Waals surface area contributed by atoms with Crippen molar-refractivity contribution >= 4 is 28.4 Å². The number of aromatic nitrogens is 1. The third kappa shape index (κ3) is 3.12. The number of nitrogens with zero attached hydrogens (tertiary/aromatic N) is 1. The van der Waals surface area contributed by atoms with E-state index in [9.17, 15) is 9.59 Å². The molecule has 0 spiro atoms. The van der Waals surface area contributed by atoms with Crippen LogP contribution in [0.25, 0.3) is 10.9 Å². The van der Waals surface area contributed by atoms with Crippen molar-refractivity contribution in [3.63, 3.8) is 0 Å². The number of hydrogen-bond acceptors (Lipinski definition) is 3. The highest BCUT2D eigenvalue weighted by Gasteiger charge is 2.43. The van der Waals surface area contributed by atoms with Gasteiger partial charge in [-0.1, -0.05) is 48.5 Å². The molecule has 0 unspecified atom stereocenters. The molecule has 2 N–H and O–H groups in total. The van der Waals surface area contributed by atoms with Crippen LogP contribution in [-0.2, 0) is 4.79 Å². The molecular formula is C26H23N3O3. The maximum atomic E-state index is 13.8. The molecule has 1 aliphatic heterocycles. The number of fused-ring (bicyclic) bond motifs is 2. The molecule has 0 radical (unpaired) electrons. The van der Waals surface area contributed by atoms with Crippen LogP contribution in [-0.4, -0.2) is 35.9 Å². The number of likely N-dealkylation sites (N-methyl/N-ethyl adjacent to an activating group) is 1. The van der Waals surface area contributed by atoms with Gasteiger partial charge in [-0.2, -0.15) is 0 Å². The topological polar surface area (TPSA) is 74.4 Å². The molecule has 6 nitrogen and oxygen atoms in total. The second-order valence-electron chi connectivity index (χ2n) is 7.90. The Morgan fingerprint density at radius 3 is 2.53 bits per heavy atom. The molecule has 160 valence electrons. The molecule has 0 saturated carbocycles. The Morgan fingerprint density at radius 2 is 1.69 bits per heavy atom.